The zero-order chi connectivity index (χ0) is 23.2. The number of aromatic nitrogens is 1. The molecule has 3 aromatic carbocycles. The molecule has 0 aliphatic heterocycles. The summed E-state index contributed by atoms with van der Waals surface area (Å²) in [6, 6.07) is 23.2. The van der Waals surface area contributed by atoms with Crippen LogP contribution in [-0.4, -0.2) is 17.1 Å². The van der Waals surface area contributed by atoms with Crippen molar-refractivity contribution >= 4 is 28.6 Å². The van der Waals surface area contributed by atoms with Crippen LogP contribution in [0.5, 0.6) is 5.75 Å². The highest BCUT2D eigenvalue weighted by atomic mass is 19.1. The summed E-state index contributed by atoms with van der Waals surface area (Å²) in [4.78, 5) is 12.7. The first-order valence-electron chi connectivity index (χ1n) is 10.6. The van der Waals surface area contributed by atoms with Crippen molar-refractivity contribution in [1.82, 2.24) is 4.57 Å². The van der Waals surface area contributed by atoms with Gasteiger partial charge in [0.25, 0.3) is 5.91 Å². The monoisotopic (exact) mass is 439 g/mol. The second-order valence-corrected chi connectivity index (χ2v) is 7.40. The van der Waals surface area contributed by atoms with Crippen molar-refractivity contribution in [2.75, 3.05) is 11.9 Å². The summed E-state index contributed by atoms with van der Waals surface area (Å²) in [5.41, 5.74) is 2.68. The summed E-state index contributed by atoms with van der Waals surface area (Å²) < 4.78 is 21.5. The number of rotatable bonds is 7. The minimum Gasteiger partial charge on any atom is -0.494 e. The number of anilines is 1. The number of carbonyl (C=O) groups is 1. The van der Waals surface area contributed by atoms with Crippen LogP contribution in [0.15, 0.2) is 84.6 Å². The summed E-state index contributed by atoms with van der Waals surface area (Å²) in [6.45, 7) is 2.78. The molecule has 5 nitrogen and oxygen atoms in total. The van der Waals surface area contributed by atoms with Crippen LogP contribution in [0.3, 0.4) is 0 Å². The van der Waals surface area contributed by atoms with Crippen LogP contribution in [0, 0.1) is 17.1 Å². The Labute approximate surface area is 191 Å². The number of carbonyl (C=O) groups excluding carboxylic acids is 1. The standard InChI is InChI=1S/C27H22FN3O2/c1-2-33-23-13-11-22(12-14-23)30-27(32)20(16-29)15-21-18-31(26-10-6-4-8-24(21)26)17-19-7-3-5-9-25(19)28/h3-15,18H,2,17H2,1H3,(H,30,32)/b20-15+. The molecule has 33 heavy (non-hydrogen) atoms. The van der Waals surface area contributed by atoms with Gasteiger partial charge in [-0.2, -0.15) is 5.26 Å². The fourth-order valence-corrected chi connectivity index (χ4v) is 3.63. The summed E-state index contributed by atoms with van der Waals surface area (Å²) >= 11 is 0. The van der Waals surface area contributed by atoms with E-state index in [1.165, 1.54) is 6.07 Å². The van der Waals surface area contributed by atoms with Crippen molar-refractivity contribution in [2.45, 2.75) is 13.5 Å². The lowest BCUT2D eigenvalue weighted by Gasteiger charge is -2.06. The Morgan fingerprint density at radius 3 is 2.55 bits per heavy atom. The lowest BCUT2D eigenvalue weighted by molar-refractivity contribution is -0.112. The minimum absolute atomic E-state index is 0.0299. The lowest BCUT2D eigenvalue weighted by Crippen LogP contribution is -2.13. The van der Waals surface area contributed by atoms with Gasteiger partial charge >= 0.3 is 0 Å². The van der Waals surface area contributed by atoms with Gasteiger partial charge in [-0.1, -0.05) is 36.4 Å². The molecule has 0 aliphatic rings. The van der Waals surface area contributed by atoms with Crippen molar-refractivity contribution in [2.24, 2.45) is 0 Å². The summed E-state index contributed by atoms with van der Waals surface area (Å²) in [7, 11) is 0. The zero-order valence-corrected chi connectivity index (χ0v) is 18.1. The zero-order valence-electron chi connectivity index (χ0n) is 18.1. The largest absolute Gasteiger partial charge is 0.494 e. The Bertz CT molecular complexity index is 1360. The van der Waals surface area contributed by atoms with Crippen molar-refractivity contribution in [3.8, 4) is 11.8 Å². The Morgan fingerprint density at radius 1 is 1.09 bits per heavy atom. The van der Waals surface area contributed by atoms with E-state index in [9.17, 15) is 14.4 Å². The molecule has 0 unspecified atom stereocenters. The van der Waals surface area contributed by atoms with E-state index in [4.69, 9.17) is 4.74 Å². The van der Waals surface area contributed by atoms with Gasteiger partial charge in [-0.05, 0) is 49.4 Å². The van der Waals surface area contributed by atoms with E-state index in [0.717, 1.165) is 10.9 Å². The smallest absolute Gasteiger partial charge is 0.266 e. The molecule has 164 valence electrons. The average molecular weight is 439 g/mol. The van der Waals surface area contributed by atoms with Gasteiger partial charge in [-0.15, -0.1) is 0 Å². The molecule has 0 spiro atoms. The number of halogens is 1. The Morgan fingerprint density at radius 2 is 1.82 bits per heavy atom. The second-order valence-electron chi connectivity index (χ2n) is 7.40. The maximum absolute atomic E-state index is 14.2. The number of hydrogen-bond acceptors (Lipinski definition) is 3. The van der Waals surface area contributed by atoms with Crippen molar-refractivity contribution in [3.05, 3.63) is 102 Å². The predicted molar refractivity (Wildman–Crippen MR) is 127 cm³/mol. The van der Waals surface area contributed by atoms with Crippen molar-refractivity contribution in [3.63, 3.8) is 0 Å². The SMILES string of the molecule is CCOc1ccc(NC(=O)/C(C#N)=C/c2cn(Cc3ccccc3F)c3ccccc23)cc1. The summed E-state index contributed by atoms with van der Waals surface area (Å²) in [5.74, 6) is -0.0818. The minimum atomic E-state index is -0.507. The van der Waals surface area contributed by atoms with E-state index in [1.54, 1.807) is 48.5 Å². The summed E-state index contributed by atoms with van der Waals surface area (Å²) in [6.07, 6.45) is 3.39. The highest BCUT2D eigenvalue weighted by Gasteiger charge is 2.14. The molecule has 0 atom stereocenters. The Hall–Kier alpha value is -4.37. The number of ether oxygens (including phenoxy) is 1. The molecule has 4 rings (SSSR count). The normalized spacial score (nSPS) is 11.2. The van der Waals surface area contributed by atoms with Gasteiger partial charge in [0.2, 0.25) is 0 Å². The number of para-hydroxylation sites is 1. The van der Waals surface area contributed by atoms with Gasteiger partial charge in [0.05, 0.1) is 13.2 Å². The van der Waals surface area contributed by atoms with Crippen LogP contribution in [0.1, 0.15) is 18.1 Å². The fourth-order valence-electron chi connectivity index (χ4n) is 3.63. The second kappa shape index (κ2) is 9.84. The third kappa shape index (κ3) is 4.94. The number of fused-ring (bicyclic) bond motifs is 1. The number of nitrogens with one attached hydrogen (secondary N) is 1. The number of nitrogens with zero attached hydrogens (tertiary/aromatic N) is 2. The molecule has 4 aromatic rings. The van der Waals surface area contributed by atoms with Gasteiger partial charge in [0.15, 0.2) is 0 Å². The topological polar surface area (TPSA) is 67.0 Å². The van der Waals surface area contributed by atoms with Gasteiger partial charge in [-0.25, -0.2) is 4.39 Å². The molecule has 0 saturated carbocycles. The number of amides is 1. The number of nitriles is 1. The van der Waals surface area contributed by atoms with Crippen LogP contribution in [0.4, 0.5) is 10.1 Å². The molecular formula is C27H22FN3O2. The molecule has 0 aliphatic carbocycles. The van der Waals surface area contributed by atoms with E-state index in [2.05, 4.69) is 5.32 Å². The summed E-state index contributed by atoms with van der Waals surface area (Å²) in [5, 5.41) is 13.3. The third-order valence-electron chi connectivity index (χ3n) is 5.21. The fraction of sp³-hybridized carbons (Fsp3) is 0.111. The first-order valence-corrected chi connectivity index (χ1v) is 10.6. The van der Waals surface area contributed by atoms with Crippen molar-refractivity contribution in [1.29, 1.82) is 5.26 Å². The van der Waals surface area contributed by atoms with Crippen LogP contribution >= 0.6 is 0 Å². The third-order valence-corrected chi connectivity index (χ3v) is 5.21. The first kappa shape index (κ1) is 21.8. The molecular weight excluding hydrogens is 417 g/mol. The first-order chi connectivity index (χ1) is 16.1. The maximum Gasteiger partial charge on any atom is 0.266 e. The predicted octanol–water partition coefficient (Wildman–Crippen LogP) is 5.77. The molecule has 6 heteroatoms. The van der Waals surface area contributed by atoms with Gasteiger partial charge in [0.1, 0.15) is 23.2 Å². The Kier molecular flexibility index (Phi) is 6.51. The van der Waals surface area contributed by atoms with Crippen molar-refractivity contribution < 1.29 is 13.9 Å². The molecule has 0 bridgehead atoms. The van der Waals surface area contributed by atoms with E-state index in [-0.39, 0.29) is 11.4 Å². The average Bonchev–Trinajstić information content (AvgIpc) is 3.17. The van der Waals surface area contributed by atoms with Crippen LogP contribution in [0.2, 0.25) is 0 Å². The van der Waals surface area contributed by atoms with Gasteiger partial charge < -0.3 is 14.6 Å². The molecule has 1 amide bonds. The highest BCUT2D eigenvalue weighted by Crippen LogP contribution is 2.25. The lowest BCUT2D eigenvalue weighted by atomic mass is 10.1. The highest BCUT2D eigenvalue weighted by molar-refractivity contribution is 6.10. The van der Waals surface area contributed by atoms with Crippen LogP contribution < -0.4 is 10.1 Å². The molecule has 0 fully saturated rings. The molecule has 0 saturated heterocycles. The van der Waals surface area contributed by atoms with E-state index in [0.29, 0.717) is 35.7 Å². The van der Waals surface area contributed by atoms with E-state index in [1.807, 2.05) is 48.0 Å². The van der Waals surface area contributed by atoms with E-state index >= 15 is 0 Å². The number of benzene rings is 3. The van der Waals surface area contributed by atoms with Crippen LogP contribution in [-0.2, 0) is 11.3 Å². The molecule has 1 N–H and O–H groups in total. The Balaban J connectivity index is 1.63. The van der Waals surface area contributed by atoms with Gasteiger partial charge in [0, 0.05) is 33.9 Å². The molecule has 1 heterocycles. The molecule has 1 aromatic heterocycles. The quantitative estimate of drug-likeness (QED) is 0.293. The van der Waals surface area contributed by atoms with Gasteiger partial charge in [-0.3, -0.25) is 4.79 Å². The maximum atomic E-state index is 14.2. The number of hydrogen-bond donors (Lipinski definition) is 1. The van der Waals surface area contributed by atoms with E-state index < -0.39 is 5.91 Å². The van der Waals surface area contributed by atoms with Crippen LogP contribution in [0.25, 0.3) is 17.0 Å². The molecule has 0 radical (unpaired) electrons.